The normalized spacial score (nSPS) is 16.8. The molecule has 15 heavy (non-hydrogen) atoms. The molecule has 1 saturated carbocycles. The standard InChI is InChI=1S/C12H15N3/c1-3-10(4-1)14-7-9-8-15-12-11(9)5-2-6-13-12/h2,5-6,8,10,14H,1,3-4,7H2,(H,13,15). The van der Waals surface area contributed by atoms with Gasteiger partial charge in [0.15, 0.2) is 0 Å². The molecule has 0 aromatic carbocycles. The Kier molecular flexibility index (Phi) is 2.18. The van der Waals surface area contributed by atoms with Gasteiger partial charge in [0.25, 0.3) is 0 Å². The summed E-state index contributed by atoms with van der Waals surface area (Å²) >= 11 is 0. The van der Waals surface area contributed by atoms with Crippen molar-refractivity contribution in [3.05, 3.63) is 30.1 Å². The van der Waals surface area contributed by atoms with Crippen molar-refractivity contribution in [2.75, 3.05) is 0 Å². The molecule has 1 aliphatic rings. The van der Waals surface area contributed by atoms with Crippen LogP contribution in [0.5, 0.6) is 0 Å². The highest BCUT2D eigenvalue weighted by atomic mass is 14.9. The molecule has 0 unspecified atom stereocenters. The van der Waals surface area contributed by atoms with E-state index in [1.807, 2.05) is 12.3 Å². The maximum atomic E-state index is 4.28. The van der Waals surface area contributed by atoms with Gasteiger partial charge in [-0.2, -0.15) is 0 Å². The van der Waals surface area contributed by atoms with E-state index >= 15 is 0 Å². The van der Waals surface area contributed by atoms with Crippen LogP contribution in [0.1, 0.15) is 24.8 Å². The zero-order valence-corrected chi connectivity index (χ0v) is 8.66. The smallest absolute Gasteiger partial charge is 0.137 e. The molecule has 0 aliphatic heterocycles. The molecular formula is C12H15N3. The van der Waals surface area contributed by atoms with E-state index in [0.717, 1.165) is 18.2 Å². The molecule has 0 radical (unpaired) electrons. The quantitative estimate of drug-likeness (QED) is 0.799. The first-order chi connectivity index (χ1) is 7.43. The first-order valence-electron chi connectivity index (χ1n) is 5.58. The van der Waals surface area contributed by atoms with E-state index in [9.17, 15) is 0 Å². The number of fused-ring (bicyclic) bond motifs is 1. The fourth-order valence-electron chi connectivity index (χ4n) is 2.03. The van der Waals surface area contributed by atoms with E-state index in [4.69, 9.17) is 0 Å². The average molecular weight is 201 g/mol. The lowest BCUT2D eigenvalue weighted by molar-refractivity contribution is 0.338. The molecule has 3 nitrogen and oxygen atoms in total. The maximum absolute atomic E-state index is 4.28. The molecule has 2 N–H and O–H groups in total. The van der Waals surface area contributed by atoms with Crippen LogP contribution >= 0.6 is 0 Å². The van der Waals surface area contributed by atoms with Gasteiger partial charge in [0.1, 0.15) is 5.65 Å². The van der Waals surface area contributed by atoms with Gasteiger partial charge < -0.3 is 10.3 Å². The minimum atomic E-state index is 0.742. The van der Waals surface area contributed by atoms with Gasteiger partial charge in [-0.3, -0.25) is 0 Å². The number of hydrogen-bond acceptors (Lipinski definition) is 2. The second-order valence-corrected chi connectivity index (χ2v) is 4.22. The molecule has 2 aromatic heterocycles. The summed E-state index contributed by atoms with van der Waals surface area (Å²) in [6.07, 6.45) is 7.93. The van der Waals surface area contributed by atoms with Crippen LogP contribution in [0.25, 0.3) is 11.0 Å². The number of H-pyrrole nitrogens is 1. The highest BCUT2D eigenvalue weighted by Crippen LogP contribution is 2.20. The summed E-state index contributed by atoms with van der Waals surface area (Å²) in [7, 11) is 0. The largest absolute Gasteiger partial charge is 0.346 e. The number of nitrogens with zero attached hydrogens (tertiary/aromatic N) is 1. The zero-order chi connectivity index (χ0) is 10.1. The lowest BCUT2D eigenvalue weighted by Crippen LogP contribution is -2.34. The highest BCUT2D eigenvalue weighted by Gasteiger charge is 2.16. The van der Waals surface area contributed by atoms with Crippen molar-refractivity contribution in [1.82, 2.24) is 15.3 Å². The third kappa shape index (κ3) is 1.63. The van der Waals surface area contributed by atoms with E-state index in [0.29, 0.717) is 0 Å². The van der Waals surface area contributed by atoms with Crippen LogP contribution in [0.15, 0.2) is 24.5 Å². The Morgan fingerprint density at radius 2 is 2.40 bits per heavy atom. The fourth-order valence-corrected chi connectivity index (χ4v) is 2.03. The van der Waals surface area contributed by atoms with Crippen molar-refractivity contribution >= 4 is 11.0 Å². The Hall–Kier alpha value is -1.35. The van der Waals surface area contributed by atoms with Crippen LogP contribution < -0.4 is 5.32 Å². The summed E-state index contributed by atoms with van der Waals surface area (Å²) in [5.74, 6) is 0. The Bertz CT molecular complexity index is 457. The second kappa shape index (κ2) is 3.66. The number of aromatic nitrogens is 2. The molecule has 1 aliphatic carbocycles. The van der Waals surface area contributed by atoms with Crippen LogP contribution in [-0.4, -0.2) is 16.0 Å². The monoisotopic (exact) mass is 201 g/mol. The average Bonchev–Trinajstić information content (AvgIpc) is 2.60. The van der Waals surface area contributed by atoms with Gasteiger partial charge in [-0.25, -0.2) is 4.98 Å². The van der Waals surface area contributed by atoms with E-state index < -0.39 is 0 Å². The molecular weight excluding hydrogens is 186 g/mol. The molecule has 2 heterocycles. The van der Waals surface area contributed by atoms with Crippen molar-refractivity contribution in [3.63, 3.8) is 0 Å². The van der Waals surface area contributed by atoms with Crippen molar-refractivity contribution in [2.45, 2.75) is 31.8 Å². The topological polar surface area (TPSA) is 40.7 Å². The number of rotatable bonds is 3. The molecule has 0 saturated heterocycles. The van der Waals surface area contributed by atoms with Crippen molar-refractivity contribution in [1.29, 1.82) is 0 Å². The predicted molar refractivity (Wildman–Crippen MR) is 60.6 cm³/mol. The first-order valence-corrected chi connectivity index (χ1v) is 5.58. The molecule has 1 fully saturated rings. The molecule has 3 heteroatoms. The molecule has 0 bridgehead atoms. The number of aromatic amines is 1. The Labute approximate surface area is 88.9 Å². The summed E-state index contributed by atoms with van der Waals surface area (Å²) in [4.78, 5) is 7.48. The van der Waals surface area contributed by atoms with E-state index in [1.54, 1.807) is 0 Å². The molecule has 0 spiro atoms. The van der Waals surface area contributed by atoms with Crippen LogP contribution in [0.2, 0.25) is 0 Å². The third-order valence-corrected chi connectivity index (χ3v) is 3.22. The Balaban J connectivity index is 1.78. The van der Waals surface area contributed by atoms with E-state index in [-0.39, 0.29) is 0 Å². The Morgan fingerprint density at radius 3 is 3.20 bits per heavy atom. The molecule has 0 atom stereocenters. The van der Waals surface area contributed by atoms with Gasteiger partial charge in [0.05, 0.1) is 0 Å². The molecule has 0 amide bonds. The van der Waals surface area contributed by atoms with Gasteiger partial charge in [-0.1, -0.05) is 6.42 Å². The summed E-state index contributed by atoms with van der Waals surface area (Å²) < 4.78 is 0. The SMILES string of the molecule is c1cnc2[nH]cc(CNC3CCC3)c2c1. The van der Waals surface area contributed by atoms with Crippen molar-refractivity contribution in [3.8, 4) is 0 Å². The summed E-state index contributed by atoms with van der Waals surface area (Å²) in [6, 6.07) is 4.85. The van der Waals surface area contributed by atoms with Crippen LogP contribution in [0.3, 0.4) is 0 Å². The lowest BCUT2D eigenvalue weighted by atomic mass is 9.93. The number of pyridine rings is 1. The van der Waals surface area contributed by atoms with Gasteiger partial charge in [-0.15, -0.1) is 0 Å². The maximum Gasteiger partial charge on any atom is 0.137 e. The highest BCUT2D eigenvalue weighted by molar-refractivity contribution is 5.79. The third-order valence-electron chi connectivity index (χ3n) is 3.22. The molecule has 78 valence electrons. The summed E-state index contributed by atoms with van der Waals surface area (Å²) in [5.41, 5.74) is 2.31. The fraction of sp³-hybridized carbons (Fsp3) is 0.417. The lowest BCUT2D eigenvalue weighted by Gasteiger charge is -2.26. The Morgan fingerprint density at radius 1 is 1.47 bits per heavy atom. The zero-order valence-electron chi connectivity index (χ0n) is 8.66. The number of hydrogen-bond donors (Lipinski definition) is 2. The predicted octanol–water partition coefficient (Wildman–Crippen LogP) is 2.21. The minimum absolute atomic E-state index is 0.742. The van der Waals surface area contributed by atoms with Crippen molar-refractivity contribution < 1.29 is 0 Å². The number of nitrogens with one attached hydrogen (secondary N) is 2. The van der Waals surface area contributed by atoms with E-state index in [2.05, 4.69) is 27.5 Å². The summed E-state index contributed by atoms with van der Waals surface area (Å²) in [5, 5.41) is 4.81. The van der Waals surface area contributed by atoms with Gasteiger partial charge in [0, 0.05) is 30.4 Å². The van der Waals surface area contributed by atoms with Crippen LogP contribution in [-0.2, 0) is 6.54 Å². The first kappa shape index (κ1) is 8.92. The van der Waals surface area contributed by atoms with E-state index in [1.165, 1.54) is 30.2 Å². The van der Waals surface area contributed by atoms with Crippen LogP contribution in [0, 0.1) is 0 Å². The van der Waals surface area contributed by atoms with Gasteiger partial charge >= 0.3 is 0 Å². The second-order valence-electron chi connectivity index (χ2n) is 4.22. The van der Waals surface area contributed by atoms with Gasteiger partial charge in [-0.05, 0) is 30.5 Å². The summed E-state index contributed by atoms with van der Waals surface area (Å²) in [6.45, 7) is 0.955. The minimum Gasteiger partial charge on any atom is -0.346 e. The van der Waals surface area contributed by atoms with Crippen LogP contribution in [0.4, 0.5) is 0 Å². The van der Waals surface area contributed by atoms with Gasteiger partial charge in [0.2, 0.25) is 0 Å². The molecule has 2 aromatic rings. The molecule has 3 rings (SSSR count). The van der Waals surface area contributed by atoms with Crippen molar-refractivity contribution in [2.24, 2.45) is 0 Å².